The Hall–Kier alpha value is -8.80. The summed E-state index contributed by atoms with van der Waals surface area (Å²) in [4.78, 5) is 10.7. The first-order valence-electron chi connectivity index (χ1n) is 22.2. The molecule has 0 N–H and O–H groups in total. The molecule has 0 unspecified atom stereocenters. The molecule has 0 amide bonds. The fraction of sp³-hybridized carbons (Fsp3) is 0. The molecule has 0 saturated carbocycles. The van der Waals surface area contributed by atoms with Crippen LogP contribution in [-0.4, -0.2) is 23.7 Å². The van der Waals surface area contributed by atoms with E-state index in [1.165, 1.54) is 59.8 Å². The van der Waals surface area contributed by atoms with Crippen molar-refractivity contribution < 1.29 is 0 Å². The Morgan fingerprint density at radius 3 is 1.28 bits per heavy atom. The van der Waals surface area contributed by atoms with E-state index in [-0.39, 0.29) is 0 Å². The minimum Gasteiger partial charge on any atom is -0.309 e. The molecule has 0 saturated heterocycles. The molecule has 65 heavy (non-hydrogen) atoms. The van der Waals surface area contributed by atoms with Crippen molar-refractivity contribution in [2.45, 2.75) is 0 Å². The van der Waals surface area contributed by atoms with E-state index in [1.54, 1.807) is 0 Å². The summed E-state index contributed by atoms with van der Waals surface area (Å²) in [5, 5.41) is 10.7. The van der Waals surface area contributed by atoms with Gasteiger partial charge in [0.2, 0.25) is 0 Å². The number of fused-ring (bicyclic) bond motifs is 12. The van der Waals surface area contributed by atoms with Crippen LogP contribution in [0.5, 0.6) is 0 Å². The first kappa shape index (κ1) is 35.8. The van der Waals surface area contributed by atoms with Gasteiger partial charge in [0.05, 0.1) is 44.3 Å². The summed E-state index contributed by atoms with van der Waals surface area (Å²) in [6, 6.07) is 80.9. The Morgan fingerprint density at radius 1 is 0.277 bits per heavy atom. The van der Waals surface area contributed by atoms with Crippen molar-refractivity contribution in [3.05, 3.63) is 224 Å². The van der Waals surface area contributed by atoms with E-state index in [0.29, 0.717) is 5.82 Å². The summed E-state index contributed by atoms with van der Waals surface area (Å²) in [6.45, 7) is 0. The first-order chi connectivity index (χ1) is 32.2. The van der Waals surface area contributed by atoms with Gasteiger partial charge in [-0.1, -0.05) is 146 Å². The largest absolute Gasteiger partial charge is 0.309 e. The second-order valence-corrected chi connectivity index (χ2v) is 17.0. The van der Waals surface area contributed by atoms with Crippen LogP contribution in [0.2, 0.25) is 0 Å². The third-order valence-electron chi connectivity index (χ3n) is 13.4. The third kappa shape index (κ3) is 5.33. The highest BCUT2D eigenvalue weighted by molar-refractivity contribution is 6.15. The molecule has 5 nitrogen and oxygen atoms in total. The monoisotopic (exact) mass is 827 g/mol. The Balaban J connectivity index is 1.02. The Morgan fingerprint density at radius 2 is 0.723 bits per heavy atom. The van der Waals surface area contributed by atoms with Crippen molar-refractivity contribution in [1.82, 2.24) is 23.7 Å². The van der Waals surface area contributed by atoms with Crippen LogP contribution in [0.4, 0.5) is 0 Å². The third-order valence-corrected chi connectivity index (χ3v) is 13.4. The topological polar surface area (TPSA) is 40.6 Å². The summed E-state index contributed by atoms with van der Waals surface area (Å²) in [5.41, 5.74) is 14.2. The maximum atomic E-state index is 5.39. The molecule has 14 rings (SSSR count). The fourth-order valence-electron chi connectivity index (χ4n) is 10.6. The maximum Gasteiger partial charge on any atom is 0.160 e. The summed E-state index contributed by atoms with van der Waals surface area (Å²) in [7, 11) is 0. The molecule has 14 aromatic rings. The van der Waals surface area contributed by atoms with Crippen LogP contribution in [0.15, 0.2) is 224 Å². The van der Waals surface area contributed by atoms with E-state index >= 15 is 0 Å². The summed E-state index contributed by atoms with van der Waals surface area (Å²) < 4.78 is 7.23. The molecule has 0 atom stereocenters. The number of rotatable bonds is 5. The lowest BCUT2D eigenvalue weighted by molar-refractivity contribution is 1.15. The molecule has 0 aliphatic heterocycles. The zero-order valence-electron chi connectivity index (χ0n) is 35.1. The fourth-order valence-corrected chi connectivity index (χ4v) is 10.6. The molecule has 0 radical (unpaired) electrons. The van der Waals surface area contributed by atoms with Gasteiger partial charge < -0.3 is 13.7 Å². The zero-order valence-corrected chi connectivity index (χ0v) is 35.1. The molecule has 4 aromatic heterocycles. The molecule has 4 heterocycles. The zero-order chi connectivity index (χ0) is 42.6. The number of aromatic nitrogens is 5. The second-order valence-electron chi connectivity index (χ2n) is 17.0. The molecule has 0 aliphatic carbocycles. The van der Waals surface area contributed by atoms with Gasteiger partial charge in [-0.2, -0.15) is 0 Å². The molecule has 10 aromatic carbocycles. The van der Waals surface area contributed by atoms with Crippen LogP contribution in [0.1, 0.15) is 0 Å². The Bertz CT molecular complexity index is 3970. The Kier molecular flexibility index (Phi) is 7.62. The van der Waals surface area contributed by atoms with Crippen molar-refractivity contribution in [2.24, 2.45) is 0 Å². The highest BCUT2D eigenvalue weighted by Crippen LogP contribution is 2.41. The highest BCUT2D eigenvalue weighted by atomic mass is 15.0. The molecule has 0 aliphatic rings. The van der Waals surface area contributed by atoms with Crippen molar-refractivity contribution in [2.75, 3.05) is 0 Å². The van der Waals surface area contributed by atoms with E-state index in [9.17, 15) is 0 Å². The van der Waals surface area contributed by atoms with Gasteiger partial charge in [-0.25, -0.2) is 9.97 Å². The quantitative estimate of drug-likeness (QED) is 0.162. The summed E-state index contributed by atoms with van der Waals surface area (Å²) in [5.74, 6) is 0.691. The molecule has 0 bridgehead atoms. The molecular formula is C60H37N5. The van der Waals surface area contributed by atoms with Crippen LogP contribution in [0.3, 0.4) is 0 Å². The second kappa shape index (κ2) is 13.9. The SMILES string of the molecule is c1ccc(-c2nc(-c3cccc(-n4c5ccc(-n6c7ccccc7c7ccccc76)cc5c5cc(-n6c7ccccc7c7ccccc76)ccc54)c3)nc3ccc4ccccc4c23)cc1. The van der Waals surface area contributed by atoms with E-state index < -0.39 is 0 Å². The van der Waals surface area contributed by atoms with Crippen molar-refractivity contribution in [3.8, 4) is 39.7 Å². The van der Waals surface area contributed by atoms with Crippen LogP contribution < -0.4 is 0 Å². The molecule has 5 heteroatoms. The van der Waals surface area contributed by atoms with E-state index in [0.717, 1.165) is 61.2 Å². The predicted octanol–water partition coefficient (Wildman–Crippen LogP) is 15.4. The van der Waals surface area contributed by atoms with Gasteiger partial charge in [0.1, 0.15) is 0 Å². The first-order valence-corrected chi connectivity index (χ1v) is 22.2. The standard InChI is InChI=1S/C60H37N5/c1-2-16-39(17-3-1)59-58-44-20-5-4-15-38(44)29-32-51(58)61-60(62-59)40-18-14-19-41(35-40)63-56-33-30-42(64-52-25-10-6-21-45(52)46-22-7-11-26-53(46)64)36-49(56)50-37-43(31-34-57(50)63)65-54-27-12-8-23-47(54)48-24-9-13-28-55(48)65/h1-37H. The summed E-state index contributed by atoms with van der Waals surface area (Å²) in [6.07, 6.45) is 0. The van der Waals surface area contributed by atoms with Gasteiger partial charge in [-0.05, 0) is 89.6 Å². The lowest BCUT2D eigenvalue weighted by Crippen LogP contribution is -1.99. The average Bonchev–Trinajstić information content (AvgIpc) is 4.01. The number of hydrogen-bond acceptors (Lipinski definition) is 2. The minimum atomic E-state index is 0.691. The highest BCUT2D eigenvalue weighted by Gasteiger charge is 2.20. The van der Waals surface area contributed by atoms with Gasteiger partial charge >= 0.3 is 0 Å². The average molecular weight is 828 g/mol. The normalized spacial score (nSPS) is 12.0. The Labute approximate surface area is 373 Å². The lowest BCUT2D eigenvalue weighted by atomic mass is 9.99. The van der Waals surface area contributed by atoms with E-state index in [4.69, 9.17) is 9.97 Å². The van der Waals surface area contributed by atoms with Gasteiger partial charge in [0.15, 0.2) is 5.82 Å². The van der Waals surface area contributed by atoms with Gasteiger partial charge in [0, 0.05) is 65.9 Å². The number of nitrogens with zero attached hydrogens (tertiary/aromatic N) is 5. The van der Waals surface area contributed by atoms with Gasteiger partial charge in [-0.3, -0.25) is 0 Å². The predicted molar refractivity (Wildman–Crippen MR) is 271 cm³/mol. The number of para-hydroxylation sites is 4. The van der Waals surface area contributed by atoms with Crippen molar-refractivity contribution in [3.63, 3.8) is 0 Å². The van der Waals surface area contributed by atoms with Crippen LogP contribution in [0.25, 0.3) is 127 Å². The van der Waals surface area contributed by atoms with Crippen LogP contribution in [0, 0.1) is 0 Å². The van der Waals surface area contributed by atoms with Crippen molar-refractivity contribution in [1.29, 1.82) is 0 Å². The smallest absolute Gasteiger partial charge is 0.160 e. The van der Waals surface area contributed by atoms with Crippen LogP contribution >= 0.6 is 0 Å². The molecule has 0 fully saturated rings. The van der Waals surface area contributed by atoms with E-state index in [1.807, 2.05) is 0 Å². The number of benzene rings is 10. The molecule has 302 valence electrons. The van der Waals surface area contributed by atoms with Gasteiger partial charge in [0.25, 0.3) is 0 Å². The van der Waals surface area contributed by atoms with Gasteiger partial charge in [-0.15, -0.1) is 0 Å². The molecule has 0 spiro atoms. The van der Waals surface area contributed by atoms with E-state index in [2.05, 4.69) is 238 Å². The van der Waals surface area contributed by atoms with Crippen molar-refractivity contribution >= 4 is 87.1 Å². The number of hydrogen-bond donors (Lipinski definition) is 0. The lowest BCUT2D eigenvalue weighted by Gasteiger charge is -2.14. The minimum absolute atomic E-state index is 0.691. The maximum absolute atomic E-state index is 5.39. The summed E-state index contributed by atoms with van der Waals surface area (Å²) >= 11 is 0. The molecular weight excluding hydrogens is 791 g/mol. The van der Waals surface area contributed by atoms with Crippen LogP contribution in [-0.2, 0) is 0 Å².